The van der Waals surface area contributed by atoms with Gasteiger partial charge in [-0.15, -0.1) is 0 Å². The van der Waals surface area contributed by atoms with Gasteiger partial charge in [-0.3, -0.25) is 20.7 Å². The van der Waals surface area contributed by atoms with Crippen molar-refractivity contribution >= 4 is 11.9 Å². The molecule has 0 saturated carbocycles. The molecule has 3 amide bonds. The molecule has 0 aromatic heterocycles. The van der Waals surface area contributed by atoms with Gasteiger partial charge in [0.15, 0.2) is 0 Å². The predicted octanol–water partition coefficient (Wildman–Crippen LogP) is -1.51. The molecular formula is C8H14N4O2. The van der Waals surface area contributed by atoms with Crippen molar-refractivity contribution in [2.45, 2.75) is 38.1 Å². The van der Waals surface area contributed by atoms with Gasteiger partial charge in [0.05, 0.1) is 0 Å². The topological polar surface area (TPSA) is 82.3 Å². The minimum atomic E-state index is -0.438. The van der Waals surface area contributed by atoms with Gasteiger partial charge in [-0.1, -0.05) is 0 Å². The third-order valence-electron chi connectivity index (χ3n) is 2.77. The van der Waals surface area contributed by atoms with Crippen LogP contribution >= 0.6 is 0 Å². The number of hydrogen-bond acceptors (Lipinski definition) is 4. The standard InChI is InChI=1S/C8H14N4O2/c1-3-4(2)10-6-5(9-3)7(13)12-8(14)11-6/h3-6,9-10H,1-2H3,(H2,11,12,13,14). The Hall–Kier alpha value is -1.14. The lowest BCUT2D eigenvalue weighted by atomic mass is 10.0. The van der Waals surface area contributed by atoms with Gasteiger partial charge in [-0.25, -0.2) is 4.79 Å². The minimum Gasteiger partial charge on any atom is -0.320 e. The lowest BCUT2D eigenvalue weighted by molar-refractivity contribution is -0.125. The number of piperazine rings is 1. The average Bonchev–Trinajstić information content (AvgIpc) is 2.08. The van der Waals surface area contributed by atoms with E-state index in [-0.39, 0.29) is 30.2 Å². The molecule has 2 saturated heterocycles. The van der Waals surface area contributed by atoms with Crippen LogP contribution in [0.5, 0.6) is 0 Å². The maximum atomic E-state index is 11.4. The quantitative estimate of drug-likeness (QED) is 0.381. The Bertz CT molecular complexity index is 281. The number of carbonyl (C=O) groups is 2. The molecule has 14 heavy (non-hydrogen) atoms. The Kier molecular flexibility index (Phi) is 2.16. The van der Waals surface area contributed by atoms with E-state index in [0.717, 1.165) is 0 Å². The van der Waals surface area contributed by atoms with Crippen molar-refractivity contribution < 1.29 is 9.59 Å². The van der Waals surface area contributed by atoms with Crippen LogP contribution in [0.4, 0.5) is 4.79 Å². The summed E-state index contributed by atoms with van der Waals surface area (Å²) >= 11 is 0. The van der Waals surface area contributed by atoms with Crippen LogP contribution in [0.3, 0.4) is 0 Å². The molecule has 0 aliphatic carbocycles. The van der Waals surface area contributed by atoms with Gasteiger partial charge >= 0.3 is 6.03 Å². The van der Waals surface area contributed by atoms with Crippen molar-refractivity contribution in [2.75, 3.05) is 0 Å². The highest BCUT2D eigenvalue weighted by Crippen LogP contribution is 2.08. The number of amides is 3. The van der Waals surface area contributed by atoms with Crippen LogP contribution in [0.15, 0.2) is 0 Å². The molecule has 6 nitrogen and oxygen atoms in total. The summed E-state index contributed by atoms with van der Waals surface area (Å²) in [5.41, 5.74) is 0. The molecule has 0 bridgehead atoms. The van der Waals surface area contributed by atoms with E-state index >= 15 is 0 Å². The predicted molar refractivity (Wildman–Crippen MR) is 49.4 cm³/mol. The van der Waals surface area contributed by atoms with E-state index in [9.17, 15) is 9.59 Å². The lowest BCUT2D eigenvalue weighted by Crippen LogP contribution is -2.76. The van der Waals surface area contributed by atoms with Crippen LogP contribution in [0.2, 0.25) is 0 Å². The molecule has 6 heteroatoms. The minimum absolute atomic E-state index is 0.206. The van der Waals surface area contributed by atoms with E-state index in [1.807, 2.05) is 13.8 Å². The third kappa shape index (κ3) is 1.46. The molecule has 78 valence electrons. The van der Waals surface area contributed by atoms with E-state index in [2.05, 4.69) is 21.3 Å². The normalized spacial score (nSPS) is 42.4. The Balaban J connectivity index is 2.13. The molecule has 2 aliphatic rings. The van der Waals surface area contributed by atoms with Crippen molar-refractivity contribution in [1.82, 2.24) is 21.3 Å². The largest absolute Gasteiger partial charge is 0.322 e. The van der Waals surface area contributed by atoms with Gasteiger partial charge in [-0.05, 0) is 13.8 Å². The van der Waals surface area contributed by atoms with Crippen LogP contribution in [0.25, 0.3) is 0 Å². The number of fused-ring (bicyclic) bond motifs is 1. The first-order valence-electron chi connectivity index (χ1n) is 4.71. The van der Waals surface area contributed by atoms with Crippen molar-refractivity contribution in [2.24, 2.45) is 0 Å². The number of urea groups is 1. The molecule has 0 aromatic carbocycles. The summed E-state index contributed by atoms with van der Waals surface area (Å²) < 4.78 is 0. The van der Waals surface area contributed by atoms with Gasteiger partial charge in [0.2, 0.25) is 5.91 Å². The van der Waals surface area contributed by atoms with Crippen LogP contribution in [0.1, 0.15) is 13.8 Å². The maximum Gasteiger partial charge on any atom is 0.322 e. The molecule has 4 unspecified atom stereocenters. The van der Waals surface area contributed by atoms with Crippen LogP contribution in [-0.4, -0.2) is 36.2 Å². The highest BCUT2D eigenvalue weighted by Gasteiger charge is 2.40. The second-order valence-corrected chi connectivity index (χ2v) is 3.83. The number of rotatable bonds is 0. The van der Waals surface area contributed by atoms with Crippen molar-refractivity contribution in [3.05, 3.63) is 0 Å². The molecule has 4 atom stereocenters. The van der Waals surface area contributed by atoms with Gasteiger partial charge in [0, 0.05) is 12.1 Å². The van der Waals surface area contributed by atoms with E-state index < -0.39 is 6.03 Å². The smallest absolute Gasteiger partial charge is 0.320 e. The van der Waals surface area contributed by atoms with E-state index in [1.54, 1.807) is 0 Å². The summed E-state index contributed by atoms with van der Waals surface area (Å²) in [5, 5.41) is 11.2. The number of hydrogen-bond donors (Lipinski definition) is 4. The first-order valence-corrected chi connectivity index (χ1v) is 4.71. The lowest BCUT2D eigenvalue weighted by Gasteiger charge is -2.42. The fraction of sp³-hybridized carbons (Fsp3) is 0.750. The molecule has 2 rings (SSSR count). The highest BCUT2D eigenvalue weighted by atomic mass is 16.2. The number of nitrogens with one attached hydrogen (secondary N) is 4. The highest BCUT2D eigenvalue weighted by molar-refractivity contribution is 6.00. The van der Waals surface area contributed by atoms with Crippen LogP contribution in [0, 0.1) is 0 Å². The van der Waals surface area contributed by atoms with Gasteiger partial charge in [-0.2, -0.15) is 0 Å². The summed E-state index contributed by atoms with van der Waals surface area (Å²) in [6, 6.07) is -0.384. The molecule has 4 N–H and O–H groups in total. The Labute approximate surface area is 81.8 Å². The van der Waals surface area contributed by atoms with Gasteiger partial charge in [0.25, 0.3) is 0 Å². The molecule has 0 spiro atoms. The third-order valence-corrected chi connectivity index (χ3v) is 2.77. The summed E-state index contributed by atoms with van der Waals surface area (Å²) in [6.45, 7) is 4.00. The molecule has 0 aromatic rings. The summed E-state index contributed by atoms with van der Waals surface area (Å²) in [4.78, 5) is 22.4. The fourth-order valence-electron chi connectivity index (χ4n) is 1.77. The second-order valence-electron chi connectivity index (χ2n) is 3.83. The fourth-order valence-corrected chi connectivity index (χ4v) is 1.77. The van der Waals surface area contributed by atoms with Crippen molar-refractivity contribution in [1.29, 1.82) is 0 Å². The monoisotopic (exact) mass is 198 g/mol. The summed E-state index contributed by atoms with van der Waals surface area (Å²) in [5.74, 6) is -0.273. The molecule has 2 aliphatic heterocycles. The average molecular weight is 198 g/mol. The van der Waals surface area contributed by atoms with Crippen LogP contribution < -0.4 is 21.3 Å². The molecule has 2 heterocycles. The van der Waals surface area contributed by atoms with Gasteiger partial charge < -0.3 is 5.32 Å². The molecule has 0 radical (unpaired) electrons. The first kappa shape index (κ1) is 9.42. The van der Waals surface area contributed by atoms with E-state index in [4.69, 9.17) is 0 Å². The second kappa shape index (κ2) is 3.21. The first-order chi connectivity index (χ1) is 6.58. The van der Waals surface area contributed by atoms with Gasteiger partial charge in [0.1, 0.15) is 12.2 Å². The van der Waals surface area contributed by atoms with Crippen molar-refractivity contribution in [3.8, 4) is 0 Å². The van der Waals surface area contributed by atoms with Crippen molar-refractivity contribution in [3.63, 3.8) is 0 Å². The number of carbonyl (C=O) groups excluding carboxylic acids is 2. The molecule has 2 fully saturated rings. The SMILES string of the molecule is CC1NC2NC(=O)NC(=O)C2NC1C. The number of imide groups is 1. The zero-order chi connectivity index (χ0) is 10.3. The summed E-state index contributed by atoms with van der Waals surface area (Å²) in [7, 11) is 0. The zero-order valence-electron chi connectivity index (χ0n) is 8.13. The molecular weight excluding hydrogens is 184 g/mol. The summed E-state index contributed by atoms with van der Waals surface area (Å²) in [6.07, 6.45) is -0.303. The van der Waals surface area contributed by atoms with E-state index in [0.29, 0.717) is 0 Å². The Morgan fingerprint density at radius 1 is 1.07 bits per heavy atom. The van der Waals surface area contributed by atoms with Crippen LogP contribution in [-0.2, 0) is 4.79 Å². The maximum absolute atomic E-state index is 11.4. The zero-order valence-corrected chi connectivity index (χ0v) is 8.13. The Morgan fingerprint density at radius 3 is 2.43 bits per heavy atom. The van der Waals surface area contributed by atoms with E-state index in [1.165, 1.54) is 0 Å². The Morgan fingerprint density at radius 2 is 1.71 bits per heavy atom.